The normalized spacial score (nSPS) is 21.7. The lowest BCUT2D eigenvalue weighted by Gasteiger charge is -2.46. The first-order valence-corrected chi connectivity index (χ1v) is 18.4. The van der Waals surface area contributed by atoms with Crippen LogP contribution < -0.4 is 0 Å². The molecule has 1 fully saturated rings. The third-order valence-corrected chi connectivity index (χ3v) is 10.3. The highest BCUT2D eigenvalue weighted by atomic mass is 31.2. The minimum Gasteiger partial charge on any atom is -0.380 e. The molecule has 0 bridgehead atoms. The van der Waals surface area contributed by atoms with Crippen molar-refractivity contribution in [1.82, 2.24) is 0 Å². The maximum atomic E-state index is 13.7. The van der Waals surface area contributed by atoms with Crippen molar-refractivity contribution in [2.45, 2.75) is 83.2 Å². The molecule has 1 N–H and O–H groups in total. The fourth-order valence-electron chi connectivity index (χ4n) is 5.73. The van der Waals surface area contributed by atoms with E-state index in [2.05, 4.69) is 0 Å². The van der Waals surface area contributed by atoms with Gasteiger partial charge in [-0.25, -0.2) is 0 Å². The van der Waals surface area contributed by atoms with Gasteiger partial charge in [0.05, 0.1) is 45.7 Å². The first kappa shape index (κ1) is 37.1. The molecule has 1 saturated heterocycles. The molecule has 9 nitrogen and oxygen atoms in total. The van der Waals surface area contributed by atoms with E-state index >= 15 is 0 Å². The van der Waals surface area contributed by atoms with Crippen molar-refractivity contribution in [2.75, 3.05) is 13.2 Å². The molecule has 0 radical (unpaired) electrons. The predicted octanol–water partition coefficient (Wildman–Crippen LogP) is 7.66. The Kier molecular flexibility index (Phi) is 14.6. The molecule has 262 valence electrons. The Morgan fingerprint density at radius 1 is 0.571 bits per heavy atom. The summed E-state index contributed by atoms with van der Waals surface area (Å²) >= 11 is 0. The van der Waals surface area contributed by atoms with Crippen molar-refractivity contribution in [3.05, 3.63) is 144 Å². The van der Waals surface area contributed by atoms with Crippen molar-refractivity contribution in [1.29, 1.82) is 0 Å². The number of rotatable bonds is 19. The molecule has 4 aromatic carbocycles. The van der Waals surface area contributed by atoms with Crippen molar-refractivity contribution >= 4 is 7.60 Å². The standard InChI is InChI=1S/C39H47O9P/c1-3-46-49(41,47-4-2)35(40)25-34-36(42-26-30-17-9-5-10-18-30)37(43-27-31-19-11-6-12-20-31)38(44-28-32-21-13-7-14-22-32)39(48-34)45-29-33-23-15-8-16-24-33/h5-24,34-40H,3-4,25-29H2,1-2H3/t34-,35+,36-,37+,38-,39-/m1/s1. The molecule has 1 heterocycles. The quantitative estimate of drug-likeness (QED) is 0.0994. The fourth-order valence-corrected chi connectivity index (χ4v) is 7.33. The second-order valence-corrected chi connectivity index (χ2v) is 13.9. The smallest absolute Gasteiger partial charge is 0.358 e. The Hall–Kier alpha value is -3.21. The first-order valence-electron chi connectivity index (χ1n) is 16.8. The van der Waals surface area contributed by atoms with Crippen LogP contribution in [0.5, 0.6) is 0 Å². The number of aliphatic hydroxyl groups excluding tert-OH is 1. The SMILES string of the molecule is CCOP(=O)(OCC)[C@H](O)C[C@H]1O[C@@H](OCc2ccccc2)[C@H](OCc2ccccc2)[C@@H](OCc2ccccc2)[C@@H]1OCc1ccccc1. The van der Waals surface area contributed by atoms with Gasteiger partial charge in [0.2, 0.25) is 0 Å². The Labute approximate surface area is 289 Å². The van der Waals surface area contributed by atoms with Crippen molar-refractivity contribution in [3.63, 3.8) is 0 Å². The van der Waals surface area contributed by atoms with Crippen LogP contribution in [-0.2, 0) is 63.7 Å². The lowest BCUT2D eigenvalue weighted by atomic mass is 9.95. The maximum Gasteiger partial charge on any atom is 0.358 e. The summed E-state index contributed by atoms with van der Waals surface area (Å²) in [5, 5.41) is 11.4. The molecule has 0 unspecified atom stereocenters. The van der Waals surface area contributed by atoms with Gasteiger partial charge in [-0.15, -0.1) is 0 Å². The number of aliphatic hydroxyl groups is 1. The van der Waals surface area contributed by atoms with Gasteiger partial charge >= 0.3 is 7.60 Å². The molecular weight excluding hydrogens is 643 g/mol. The summed E-state index contributed by atoms with van der Waals surface area (Å²) < 4.78 is 57.8. The van der Waals surface area contributed by atoms with Gasteiger partial charge in [-0.3, -0.25) is 4.57 Å². The van der Waals surface area contributed by atoms with E-state index in [1.54, 1.807) is 13.8 Å². The van der Waals surface area contributed by atoms with Crippen LogP contribution in [0.1, 0.15) is 42.5 Å². The van der Waals surface area contributed by atoms with E-state index in [-0.39, 0.29) is 46.1 Å². The molecule has 5 rings (SSSR count). The zero-order valence-corrected chi connectivity index (χ0v) is 29.0. The van der Waals surface area contributed by atoms with E-state index < -0.39 is 44.1 Å². The Bertz CT molecular complexity index is 1520. The van der Waals surface area contributed by atoms with Crippen molar-refractivity contribution < 1.29 is 42.4 Å². The molecule has 49 heavy (non-hydrogen) atoms. The minimum absolute atomic E-state index is 0.106. The van der Waals surface area contributed by atoms with Gasteiger partial charge < -0.3 is 37.8 Å². The molecular formula is C39H47O9P. The Morgan fingerprint density at radius 3 is 1.35 bits per heavy atom. The van der Waals surface area contributed by atoms with Crippen LogP contribution in [0.2, 0.25) is 0 Å². The summed E-state index contributed by atoms with van der Waals surface area (Å²) in [6, 6.07) is 39.3. The second-order valence-electron chi connectivity index (χ2n) is 11.7. The molecule has 10 heteroatoms. The number of ether oxygens (including phenoxy) is 5. The van der Waals surface area contributed by atoms with Crippen LogP contribution in [0.4, 0.5) is 0 Å². The highest BCUT2D eigenvalue weighted by Gasteiger charge is 2.51. The van der Waals surface area contributed by atoms with Crippen molar-refractivity contribution in [2.24, 2.45) is 0 Å². The summed E-state index contributed by atoms with van der Waals surface area (Å²) in [5.74, 6) is -1.49. The molecule has 0 aromatic heterocycles. The third-order valence-electron chi connectivity index (χ3n) is 8.13. The molecule has 0 amide bonds. The topological polar surface area (TPSA) is 102 Å². The highest BCUT2D eigenvalue weighted by molar-refractivity contribution is 7.54. The summed E-state index contributed by atoms with van der Waals surface area (Å²) in [7, 11) is -3.91. The van der Waals surface area contributed by atoms with Crippen LogP contribution in [0, 0.1) is 0 Å². The van der Waals surface area contributed by atoms with Crippen molar-refractivity contribution in [3.8, 4) is 0 Å². The van der Waals surface area contributed by atoms with E-state index in [0.717, 1.165) is 22.3 Å². The summed E-state index contributed by atoms with van der Waals surface area (Å²) in [5.41, 5.74) is 3.83. The van der Waals surface area contributed by atoms with Gasteiger partial charge in [0.1, 0.15) is 18.3 Å². The number of hydrogen-bond acceptors (Lipinski definition) is 9. The zero-order valence-electron chi connectivity index (χ0n) is 28.1. The lowest BCUT2D eigenvalue weighted by Crippen LogP contribution is -2.61. The predicted molar refractivity (Wildman–Crippen MR) is 186 cm³/mol. The highest BCUT2D eigenvalue weighted by Crippen LogP contribution is 2.54. The zero-order chi connectivity index (χ0) is 34.3. The third kappa shape index (κ3) is 10.9. The number of hydrogen-bond donors (Lipinski definition) is 1. The molecule has 1 aliphatic rings. The monoisotopic (exact) mass is 690 g/mol. The first-order chi connectivity index (χ1) is 24.0. The van der Waals surface area contributed by atoms with Gasteiger partial charge in [0.15, 0.2) is 12.1 Å². The minimum atomic E-state index is -3.91. The van der Waals surface area contributed by atoms with E-state index in [1.165, 1.54) is 0 Å². The Balaban J connectivity index is 1.51. The average Bonchev–Trinajstić information content (AvgIpc) is 3.14. The van der Waals surface area contributed by atoms with Crippen LogP contribution in [0.3, 0.4) is 0 Å². The van der Waals surface area contributed by atoms with Crippen LogP contribution in [0.15, 0.2) is 121 Å². The fraction of sp³-hybridized carbons (Fsp3) is 0.385. The molecule has 0 saturated carbocycles. The summed E-state index contributed by atoms with van der Waals surface area (Å²) in [4.78, 5) is 0. The second kappa shape index (κ2) is 19.3. The summed E-state index contributed by atoms with van der Waals surface area (Å²) in [6.45, 7) is 4.63. The van der Waals surface area contributed by atoms with E-state index in [0.29, 0.717) is 0 Å². The van der Waals surface area contributed by atoms with E-state index in [9.17, 15) is 9.67 Å². The summed E-state index contributed by atoms with van der Waals surface area (Å²) in [6.07, 6.45) is -4.14. The van der Waals surface area contributed by atoms with Gasteiger partial charge in [-0.05, 0) is 36.1 Å². The maximum absolute atomic E-state index is 13.7. The molecule has 0 aliphatic carbocycles. The molecule has 4 aromatic rings. The number of benzene rings is 4. The average molecular weight is 691 g/mol. The van der Waals surface area contributed by atoms with Gasteiger partial charge in [0.25, 0.3) is 0 Å². The van der Waals surface area contributed by atoms with Crippen LogP contribution in [-0.4, -0.2) is 54.9 Å². The molecule has 0 spiro atoms. The van der Waals surface area contributed by atoms with Gasteiger partial charge in [-0.1, -0.05) is 121 Å². The van der Waals surface area contributed by atoms with Gasteiger partial charge in [0, 0.05) is 6.42 Å². The van der Waals surface area contributed by atoms with E-state index in [4.69, 9.17) is 32.7 Å². The largest absolute Gasteiger partial charge is 0.380 e. The molecule has 6 atom stereocenters. The molecule has 1 aliphatic heterocycles. The van der Waals surface area contributed by atoms with E-state index in [1.807, 2.05) is 121 Å². The lowest BCUT2D eigenvalue weighted by molar-refractivity contribution is -0.327. The van der Waals surface area contributed by atoms with Gasteiger partial charge in [-0.2, -0.15) is 0 Å². The Morgan fingerprint density at radius 2 is 0.939 bits per heavy atom. The van der Waals surface area contributed by atoms with Crippen LogP contribution >= 0.6 is 7.60 Å². The van der Waals surface area contributed by atoms with Crippen LogP contribution in [0.25, 0.3) is 0 Å².